The van der Waals surface area contributed by atoms with E-state index in [-0.39, 0.29) is 5.97 Å². The number of anilines is 1. The molecule has 1 amide bonds. The third kappa shape index (κ3) is 5.80. The molecule has 180 valence electrons. The first kappa shape index (κ1) is 24.3. The van der Waals surface area contributed by atoms with Gasteiger partial charge in [-0.05, 0) is 67.2 Å². The highest BCUT2D eigenvalue weighted by atomic mass is 16.5. The fourth-order valence-electron chi connectivity index (χ4n) is 4.70. The predicted octanol–water partition coefficient (Wildman–Crippen LogP) is 5.66. The molecule has 0 spiro atoms. The van der Waals surface area contributed by atoms with E-state index in [0.29, 0.717) is 12.2 Å². The van der Waals surface area contributed by atoms with Gasteiger partial charge in [0, 0.05) is 24.3 Å². The lowest BCUT2D eigenvalue weighted by Crippen LogP contribution is -2.31. The number of benzene rings is 3. The van der Waals surface area contributed by atoms with Gasteiger partial charge >= 0.3 is 5.97 Å². The topological polar surface area (TPSA) is 72.6 Å². The van der Waals surface area contributed by atoms with Gasteiger partial charge in [0.1, 0.15) is 0 Å². The quantitative estimate of drug-likeness (QED) is 0.342. The Morgan fingerprint density at radius 3 is 2.23 bits per heavy atom. The van der Waals surface area contributed by atoms with E-state index in [4.69, 9.17) is 10.5 Å². The van der Waals surface area contributed by atoms with Gasteiger partial charge in [-0.2, -0.15) is 0 Å². The fraction of sp³-hybridized carbons (Fsp3) is 0.267. The molecule has 0 radical (unpaired) electrons. The van der Waals surface area contributed by atoms with Gasteiger partial charge in [0.05, 0.1) is 18.1 Å². The zero-order chi connectivity index (χ0) is 24.6. The van der Waals surface area contributed by atoms with Gasteiger partial charge in [0.25, 0.3) is 0 Å². The third-order valence-electron chi connectivity index (χ3n) is 6.38. The Hall–Kier alpha value is -3.86. The van der Waals surface area contributed by atoms with E-state index >= 15 is 0 Å². The number of rotatable bonds is 8. The summed E-state index contributed by atoms with van der Waals surface area (Å²) in [6, 6.07) is 25.2. The minimum Gasteiger partial charge on any atom is -0.462 e. The summed E-state index contributed by atoms with van der Waals surface area (Å²) in [6.45, 7) is 4.06. The number of nitrogens with two attached hydrogens (primary N) is 1. The van der Waals surface area contributed by atoms with Crippen LogP contribution in [0, 0.1) is 0 Å². The van der Waals surface area contributed by atoms with Gasteiger partial charge in [-0.3, -0.25) is 4.79 Å². The number of carbonyl (C=O) groups excluding carboxylic acids is 2. The molecule has 1 fully saturated rings. The Labute approximate surface area is 207 Å². The maximum Gasteiger partial charge on any atom is 0.338 e. The van der Waals surface area contributed by atoms with E-state index in [1.165, 1.54) is 6.42 Å². The highest BCUT2D eigenvalue weighted by molar-refractivity contribution is 6.03. The molecule has 1 aliphatic heterocycles. The molecule has 0 aliphatic carbocycles. The summed E-state index contributed by atoms with van der Waals surface area (Å²) in [5.74, 6) is -1.51. The maximum atomic E-state index is 13.0. The molecule has 0 bridgehead atoms. The van der Waals surface area contributed by atoms with Crippen LogP contribution < -0.4 is 10.6 Å². The lowest BCUT2D eigenvalue weighted by molar-refractivity contribution is -0.118. The van der Waals surface area contributed by atoms with E-state index in [1.54, 1.807) is 31.2 Å². The highest BCUT2D eigenvalue weighted by Gasteiger charge is 2.27. The molecule has 5 nitrogen and oxygen atoms in total. The van der Waals surface area contributed by atoms with Gasteiger partial charge in [-0.1, -0.05) is 60.7 Å². The summed E-state index contributed by atoms with van der Waals surface area (Å²) in [6.07, 6.45) is 5.60. The van der Waals surface area contributed by atoms with Gasteiger partial charge in [0.15, 0.2) is 0 Å². The first-order chi connectivity index (χ1) is 17.1. The number of piperidine rings is 1. The lowest BCUT2D eigenvalue weighted by atomic mass is 9.83. The summed E-state index contributed by atoms with van der Waals surface area (Å²) >= 11 is 0. The van der Waals surface area contributed by atoms with Crippen LogP contribution in [0.4, 0.5) is 5.69 Å². The van der Waals surface area contributed by atoms with Crippen LogP contribution in [-0.4, -0.2) is 31.6 Å². The summed E-state index contributed by atoms with van der Waals surface area (Å²) in [5, 5.41) is 0. The standard InChI is InChI=1S/C30H32N2O3/c1-2-35-30(34)24-17-15-23(16-18-24)28(29(31)33)26(21-22-11-5-3-6-12-22)25-13-7-8-14-27(25)32-19-9-4-10-20-32/h3,5-8,11-18,21,28H,2,4,9-10,19-20H2,1H3,(H2,31,33). The van der Waals surface area contributed by atoms with Crippen LogP contribution in [0.3, 0.4) is 0 Å². The first-order valence-corrected chi connectivity index (χ1v) is 12.3. The molecule has 3 aromatic carbocycles. The molecule has 35 heavy (non-hydrogen) atoms. The number of primary amides is 1. The second-order valence-corrected chi connectivity index (χ2v) is 8.75. The van der Waals surface area contributed by atoms with Gasteiger partial charge in [0.2, 0.25) is 5.91 Å². The van der Waals surface area contributed by atoms with Crippen molar-refractivity contribution < 1.29 is 14.3 Å². The van der Waals surface area contributed by atoms with Gasteiger partial charge in [-0.25, -0.2) is 4.79 Å². The summed E-state index contributed by atoms with van der Waals surface area (Å²) in [4.78, 5) is 27.5. The second-order valence-electron chi connectivity index (χ2n) is 8.75. The molecule has 4 rings (SSSR count). The maximum absolute atomic E-state index is 13.0. The van der Waals surface area contributed by atoms with E-state index in [9.17, 15) is 9.59 Å². The molecule has 0 saturated carbocycles. The van der Waals surface area contributed by atoms with Crippen molar-refractivity contribution in [1.82, 2.24) is 0 Å². The summed E-state index contributed by atoms with van der Waals surface area (Å²) in [7, 11) is 0. The van der Waals surface area contributed by atoms with Crippen molar-refractivity contribution >= 4 is 29.2 Å². The van der Waals surface area contributed by atoms with E-state index in [1.807, 2.05) is 42.5 Å². The number of amides is 1. The Bertz CT molecular complexity index is 1180. The van der Waals surface area contributed by atoms with Crippen LogP contribution in [0.2, 0.25) is 0 Å². The number of carbonyl (C=O) groups is 2. The summed E-state index contributed by atoms with van der Waals surface area (Å²) < 4.78 is 5.11. The van der Waals surface area contributed by atoms with E-state index < -0.39 is 11.8 Å². The SMILES string of the molecule is CCOC(=O)c1ccc(C(C(N)=O)C(=Cc2ccccc2)c2ccccc2N2CCCCC2)cc1. The second kappa shape index (κ2) is 11.5. The van der Waals surface area contributed by atoms with Crippen molar-refractivity contribution in [1.29, 1.82) is 0 Å². The largest absolute Gasteiger partial charge is 0.462 e. The molecule has 1 atom stereocenters. The van der Waals surface area contributed by atoms with Crippen molar-refractivity contribution in [3.63, 3.8) is 0 Å². The zero-order valence-electron chi connectivity index (χ0n) is 20.2. The monoisotopic (exact) mass is 468 g/mol. The van der Waals surface area contributed by atoms with Crippen molar-refractivity contribution in [3.8, 4) is 0 Å². The van der Waals surface area contributed by atoms with Crippen molar-refractivity contribution in [2.45, 2.75) is 32.1 Å². The molecule has 3 aromatic rings. The van der Waals surface area contributed by atoms with Crippen LogP contribution in [0.15, 0.2) is 78.9 Å². The van der Waals surface area contributed by atoms with Crippen LogP contribution >= 0.6 is 0 Å². The number of hydrogen-bond donors (Lipinski definition) is 1. The molecular weight excluding hydrogens is 436 g/mol. The Morgan fingerprint density at radius 2 is 1.57 bits per heavy atom. The molecule has 5 heteroatoms. The van der Waals surface area contributed by atoms with E-state index in [2.05, 4.69) is 23.1 Å². The normalized spacial score (nSPS) is 14.9. The predicted molar refractivity (Wildman–Crippen MR) is 141 cm³/mol. The molecule has 2 N–H and O–H groups in total. The first-order valence-electron chi connectivity index (χ1n) is 12.3. The van der Waals surface area contributed by atoms with Crippen molar-refractivity contribution in [2.24, 2.45) is 5.73 Å². The lowest BCUT2D eigenvalue weighted by Gasteiger charge is -2.32. The zero-order valence-corrected chi connectivity index (χ0v) is 20.2. The Kier molecular flexibility index (Phi) is 7.99. The third-order valence-corrected chi connectivity index (χ3v) is 6.38. The average Bonchev–Trinajstić information content (AvgIpc) is 2.90. The highest BCUT2D eigenvalue weighted by Crippen LogP contribution is 2.39. The van der Waals surface area contributed by atoms with Gasteiger partial charge < -0.3 is 15.4 Å². The average molecular weight is 469 g/mol. The number of esters is 1. The number of nitrogens with zero attached hydrogens (tertiary/aromatic N) is 1. The molecule has 1 unspecified atom stereocenters. The van der Waals surface area contributed by atoms with Gasteiger partial charge in [-0.15, -0.1) is 0 Å². The Morgan fingerprint density at radius 1 is 0.914 bits per heavy atom. The number of hydrogen-bond acceptors (Lipinski definition) is 4. The molecule has 1 saturated heterocycles. The minimum atomic E-state index is -0.683. The number of ether oxygens (including phenoxy) is 1. The Balaban J connectivity index is 1.83. The molecule has 0 aromatic heterocycles. The molecule has 1 aliphatic rings. The van der Waals surface area contributed by atoms with Crippen LogP contribution in [0.5, 0.6) is 0 Å². The fourth-order valence-corrected chi connectivity index (χ4v) is 4.70. The van der Waals surface area contributed by atoms with Crippen LogP contribution in [0.25, 0.3) is 11.6 Å². The minimum absolute atomic E-state index is 0.307. The number of para-hydroxylation sites is 1. The molecular formula is C30H32N2O3. The molecule has 1 heterocycles. The smallest absolute Gasteiger partial charge is 0.338 e. The van der Waals surface area contributed by atoms with Crippen LogP contribution in [-0.2, 0) is 9.53 Å². The van der Waals surface area contributed by atoms with Crippen molar-refractivity contribution in [3.05, 3.63) is 101 Å². The van der Waals surface area contributed by atoms with Crippen LogP contribution in [0.1, 0.15) is 59.2 Å². The van der Waals surface area contributed by atoms with Crippen molar-refractivity contribution in [2.75, 3.05) is 24.6 Å². The van der Waals surface area contributed by atoms with E-state index in [0.717, 1.165) is 53.9 Å². The summed E-state index contributed by atoms with van der Waals surface area (Å²) in [5.41, 5.74) is 11.2.